The molecular weight excluding hydrogens is 584 g/mol. The van der Waals surface area contributed by atoms with Crippen LogP contribution in [0.5, 0.6) is 5.75 Å². The highest BCUT2D eigenvalue weighted by molar-refractivity contribution is 5.96. The predicted octanol–water partition coefficient (Wildman–Crippen LogP) is 3.43. The molecule has 236 valence electrons. The van der Waals surface area contributed by atoms with E-state index in [1.54, 1.807) is 27.6 Å². The summed E-state index contributed by atoms with van der Waals surface area (Å²) in [6.07, 6.45) is 6.31. The molecular formula is C32H35F2N7O4. The number of carbonyl (C=O) groups is 2. The topological polar surface area (TPSA) is 133 Å². The van der Waals surface area contributed by atoms with Crippen LogP contribution < -0.4 is 20.7 Å². The van der Waals surface area contributed by atoms with Crippen LogP contribution in [0.3, 0.4) is 0 Å². The van der Waals surface area contributed by atoms with Gasteiger partial charge in [-0.15, -0.1) is 0 Å². The first-order chi connectivity index (χ1) is 21.7. The summed E-state index contributed by atoms with van der Waals surface area (Å²) >= 11 is 0. The monoisotopic (exact) mass is 619 g/mol. The number of anilines is 2. The second kappa shape index (κ2) is 12.4. The lowest BCUT2D eigenvalue weighted by atomic mass is 9.94. The third-order valence-corrected chi connectivity index (χ3v) is 8.66. The van der Waals surface area contributed by atoms with Crippen LogP contribution in [0.4, 0.5) is 20.3 Å². The zero-order valence-electron chi connectivity index (χ0n) is 25.1. The standard InChI is InChI=1S/C32H35F2N7O4/c1-19-15-21(39-28-29-37-16-24(41(29)14-11-36-28)23-5-6-25(45-2)27(34)26(23)33)3-4-22(19)31(43)40-12-7-20(8-13-40)30(42)38-18-32(44)9-10-35-17-32/h3-6,11,14-16,20,35,44H,7-10,12-13,17-18H2,1-2H3,(H,36,39)(H,38,42). The van der Waals surface area contributed by atoms with Gasteiger partial charge in [-0.25, -0.2) is 14.4 Å². The summed E-state index contributed by atoms with van der Waals surface area (Å²) in [5, 5.41) is 19.7. The van der Waals surface area contributed by atoms with Crippen LogP contribution in [0.2, 0.25) is 0 Å². The summed E-state index contributed by atoms with van der Waals surface area (Å²) in [6, 6.07) is 8.16. The molecule has 11 nitrogen and oxygen atoms in total. The fraction of sp³-hybridized carbons (Fsp3) is 0.375. The Balaban J connectivity index is 1.11. The van der Waals surface area contributed by atoms with Crippen molar-refractivity contribution in [3.05, 3.63) is 71.7 Å². The number of ether oxygens (including phenoxy) is 1. The number of aryl methyl sites for hydroxylation is 1. The largest absolute Gasteiger partial charge is 0.494 e. The van der Waals surface area contributed by atoms with Crippen LogP contribution >= 0.6 is 0 Å². The number of nitrogens with zero attached hydrogens (tertiary/aromatic N) is 4. The van der Waals surface area contributed by atoms with Crippen molar-refractivity contribution in [3.8, 4) is 17.0 Å². The van der Waals surface area contributed by atoms with E-state index in [1.807, 2.05) is 13.0 Å². The van der Waals surface area contributed by atoms with Crippen molar-refractivity contribution in [2.24, 2.45) is 5.92 Å². The van der Waals surface area contributed by atoms with Gasteiger partial charge in [-0.3, -0.25) is 14.0 Å². The van der Waals surface area contributed by atoms with E-state index in [-0.39, 0.29) is 35.6 Å². The SMILES string of the molecule is COc1ccc(-c2cnc3c(Nc4ccc(C(=O)N5CCC(C(=O)NCC6(O)CCNC6)CC5)c(C)c4)nccn23)c(F)c1F. The number of benzene rings is 2. The number of rotatable bonds is 8. The van der Waals surface area contributed by atoms with E-state index in [0.717, 1.165) is 12.1 Å². The number of amides is 2. The van der Waals surface area contributed by atoms with Crippen LogP contribution in [0, 0.1) is 24.5 Å². The molecule has 45 heavy (non-hydrogen) atoms. The minimum absolute atomic E-state index is 0.0292. The average molecular weight is 620 g/mol. The smallest absolute Gasteiger partial charge is 0.254 e. The van der Waals surface area contributed by atoms with Crippen molar-refractivity contribution in [2.75, 3.05) is 45.2 Å². The van der Waals surface area contributed by atoms with Gasteiger partial charge in [-0.1, -0.05) is 0 Å². The highest BCUT2D eigenvalue weighted by atomic mass is 19.2. The molecule has 2 saturated heterocycles. The van der Waals surface area contributed by atoms with E-state index in [4.69, 9.17) is 4.74 Å². The number of nitrogens with one attached hydrogen (secondary N) is 3. The molecule has 4 aromatic rings. The highest BCUT2D eigenvalue weighted by Gasteiger charge is 2.33. The molecule has 2 aromatic heterocycles. The highest BCUT2D eigenvalue weighted by Crippen LogP contribution is 2.32. The van der Waals surface area contributed by atoms with E-state index in [0.29, 0.717) is 67.3 Å². The number of aromatic nitrogens is 3. The second-order valence-electron chi connectivity index (χ2n) is 11.6. The van der Waals surface area contributed by atoms with E-state index in [9.17, 15) is 23.5 Å². The maximum Gasteiger partial charge on any atom is 0.254 e. The quantitative estimate of drug-likeness (QED) is 0.236. The molecule has 2 fully saturated rings. The summed E-state index contributed by atoms with van der Waals surface area (Å²) < 4.78 is 35.7. The molecule has 2 amide bonds. The maximum atomic E-state index is 14.8. The molecule has 13 heteroatoms. The number of hydrogen-bond donors (Lipinski definition) is 4. The normalized spacial score (nSPS) is 18.7. The fourth-order valence-corrected chi connectivity index (χ4v) is 6.00. The van der Waals surface area contributed by atoms with Crippen molar-refractivity contribution in [3.63, 3.8) is 0 Å². The number of aliphatic hydroxyl groups is 1. The minimum atomic E-state index is -1.08. The zero-order chi connectivity index (χ0) is 31.7. The number of β-amino-alcohol motifs (C(OH)–C–C–N with tert-alkyl or cyclic N) is 1. The van der Waals surface area contributed by atoms with Gasteiger partial charge in [0, 0.05) is 61.3 Å². The van der Waals surface area contributed by atoms with Gasteiger partial charge in [0.15, 0.2) is 23.0 Å². The molecule has 2 aliphatic heterocycles. The molecule has 4 N–H and O–H groups in total. The predicted molar refractivity (Wildman–Crippen MR) is 163 cm³/mol. The lowest BCUT2D eigenvalue weighted by Crippen LogP contribution is -2.48. The fourth-order valence-electron chi connectivity index (χ4n) is 6.00. The van der Waals surface area contributed by atoms with Gasteiger partial charge in [-0.05, 0) is 68.6 Å². The molecule has 1 atom stereocenters. The number of hydrogen-bond acceptors (Lipinski definition) is 8. The first-order valence-corrected chi connectivity index (χ1v) is 14.9. The summed E-state index contributed by atoms with van der Waals surface area (Å²) in [6.45, 7) is 4.22. The van der Waals surface area contributed by atoms with Crippen molar-refractivity contribution >= 4 is 29.0 Å². The van der Waals surface area contributed by atoms with Gasteiger partial charge in [0.2, 0.25) is 11.7 Å². The Morgan fingerprint density at radius 3 is 2.67 bits per heavy atom. The molecule has 0 radical (unpaired) electrons. The molecule has 0 spiro atoms. The molecule has 0 saturated carbocycles. The minimum Gasteiger partial charge on any atom is -0.494 e. The van der Waals surface area contributed by atoms with Crippen molar-refractivity contribution in [1.29, 1.82) is 0 Å². The van der Waals surface area contributed by atoms with Crippen LogP contribution in [0.1, 0.15) is 35.2 Å². The number of piperidine rings is 1. The summed E-state index contributed by atoms with van der Waals surface area (Å²) in [4.78, 5) is 36.6. The molecule has 2 aliphatic rings. The molecule has 0 bridgehead atoms. The van der Waals surface area contributed by atoms with E-state index in [1.165, 1.54) is 31.6 Å². The van der Waals surface area contributed by atoms with Gasteiger partial charge in [-0.2, -0.15) is 4.39 Å². The first-order valence-electron chi connectivity index (χ1n) is 14.9. The first kappa shape index (κ1) is 30.4. The van der Waals surface area contributed by atoms with Gasteiger partial charge < -0.3 is 30.7 Å². The van der Waals surface area contributed by atoms with Crippen LogP contribution in [0.25, 0.3) is 16.9 Å². The van der Waals surface area contributed by atoms with Gasteiger partial charge in [0.1, 0.15) is 0 Å². The van der Waals surface area contributed by atoms with Crippen molar-refractivity contribution in [2.45, 2.75) is 31.8 Å². The van der Waals surface area contributed by atoms with Gasteiger partial charge >= 0.3 is 0 Å². The third-order valence-electron chi connectivity index (χ3n) is 8.66. The van der Waals surface area contributed by atoms with Crippen molar-refractivity contribution in [1.82, 2.24) is 29.9 Å². The van der Waals surface area contributed by atoms with Gasteiger partial charge in [0.25, 0.3) is 5.91 Å². The van der Waals surface area contributed by atoms with Crippen LogP contribution in [0.15, 0.2) is 48.9 Å². The molecule has 2 aromatic carbocycles. The van der Waals surface area contributed by atoms with Gasteiger partial charge in [0.05, 0.1) is 24.6 Å². The summed E-state index contributed by atoms with van der Waals surface area (Å²) in [5.74, 6) is -2.29. The van der Waals surface area contributed by atoms with Crippen molar-refractivity contribution < 1.29 is 28.2 Å². The molecule has 4 heterocycles. The van der Waals surface area contributed by atoms with Crippen LogP contribution in [-0.2, 0) is 4.79 Å². The average Bonchev–Trinajstić information content (AvgIpc) is 3.68. The Hall–Kier alpha value is -4.62. The number of imidazole rings is 1. The Morgan fingerprint density at radius 2 is 1.96 bits per heavy atom. The lowest BCUT2D eigenvalue weighted by Gasteiger charge is -2.32. The number of fused-ring (bicyclic) bond motifs is 1. The molecule has 0 aliphatic carbocycles. The lowest BCUT2D eigenvalue weighted by molar-refractivity contribution is -0.127. The summed E-state index contributed by atoms with van der Waals surface area (Å²) in [7, 11) is 1.27. The van der Waals surface area contributed by atoms with Crippen LogP contribution in [-0.4, -0.2) is 81.6 Å². The second-order valence-corrected chi connectivity index (χ2v) is 11.6. The Kier molecular flexibility index (Phi) is 8.38. The number of halogens is 2. The third kappa shape index (κ3) is 6.05. The molecule has 1 unspecified atom stereocenters. The summed E-state index contributed by atoms with van der Waals surface area (Å²) in [5.41, 5.74) is 1.87. The number of likely N-dealkylation sites (tertiary alicyclic amines) is 1. The maximum absolute atomic E-state index is 14.8. The number of carbonyl (C=O) groups excluding carboxylic acids is 2. The zero-order valence-corrected chi connectivity index (χ0v) is 25.1. The number of methoxy groups -OCH3 is 1. The Bertz CT molecular complexity index is 1750. The molecule has 6 rings (SSSR count). The van der Waals surface area contributed by atoms with E-state index >= 15 is 0 Å². The Morgan fingerprint density at radius 1 is 1.16 bits per heavy atom. The van der Waals surface area contributed by atoms with E-state index in [2.05, 4.69) is 25.9 Å². The Labute approximate surface area is 258 Å². The van der Waals surface area contributed by atoms with E-state index < -0.39 is 17.2 Å².